The molecule has 0 aromatic rings. The standard InChI is InChI=1S/C14H29F3N4/c1-5-18-13(20-9-7-12(2)3)19-8-6-10-21(4)11-14(15,16)17/h12H,5-11H2,1-4H3,(H2,18,19,20). The van der Waals surface area contributed by atoms with Gasteiger partial charge in [0.1, 0.15) is 0 Å². The Morgan fingerprint density at radius 3 is 2.43 bits per heavy atom. The van der Waals surface area contributed by atoms with Gasteiger partial charge in [-0.25, -0.2) is 0 Å². The molecule has 0 rings (SSSR count). The largest absolute Gasteiger partial charge is 0.401 e. The number of hydrogen-bond donors (Lipinski definition) is 2. The molecule has 0 atom stereocenters. The number of aliphatic imine (C=N–C) groups is 1. The number of hydrogen-bond acceptors (Lipinski definition) is 2. The third-order valence-corrected chi connectivity index (χ3v) is 2.78. The number of nitrogens with one attached hydrogen (secondary N) is 2. The van der Waals surface area contributed by atoms with E-state index in [1.165, 1.54) is 11.9 Å². The Hall–Kier alpha value is -0.980. The summed E-state index contributed by atoms with van der Waals surface area (Å²) in [5.74, 6) is 1.35. The zero-order chi connectivity index (χ0) is 16.3. The Balaban J connectivity index is 3.97. The van der Waals surface area contributed by atoms with Gasteiger partial charge in [-0.15, -0.1) is 0 Å². The molecular formula is C14H29F3N4. The van der Waals surface area contributed by atoms with Crippen LogP contribution in [0.1, 0.15) is 33.6 Å². The van der Waals surface area contributed by atoms with Crippen molar-refractivity contribution in [3.63, 3.8) is 0 Å². The van der Waals surface area contributed by atoms with Crippen LogP contribution in [0.15, 0.2) is 4.99 Å². The van der Waals surface area contributed by atoms with Crippen molar-refractivity contribution in [1.29, 1.82) is 0 Å². The first-order chi connectivity index (χ1) is 9.74. The summed E-state index contributed by atoms with van der Waals surface area (Å²) in [6, 6.07) is 0. The minimum Gasteiger partial charge on any atom is -0.357 e. The molecule has 0 saturated heterocycles. The van der Waals surface area contributed by atoms with E-state index in [0.29, 0.717) is 25.4 Å². The molecule has 4 nitrogen and oxygen atoms in total. The summed E-state index contributed by atoms with van der Waals surface area (Å²) in [6.45, 7) is 7.93. The molecule has 0 aliphatic heterocycles. The summed E-state index contributed by atoms with van der Waals surface area (Å²) in [4.78, 5) is 5.64. The first-order valence-corrected chi connectivity index (χ1v) is 7.52. The lowest BCUT2D eigenvalue weighted by Gasteiger charge is -2.18. The van der Waals surface area contributed by atoms with E-state index in [-0.39, 0.29) is 0 Å². The number of halogens is 3. The quantitative estimate of drug-likeness (QED) is 0.390. The van der Waals surface area contributed by atoms with Crippen LogP contribution in [0.5, 0.6) is 0 Å². The van der Waals surface area contributed by atoms with E-state index in [2.05, 4.69) is 29.5 Å². The van der Waals surface area contributed by atoms with Gasteiger partial charge in [-0.1, -0.05) is 13.8 Å². The highest BCUT2D eigenvalue weighted by Gasteiger charge is 2.28. The molecule has 0 heterocycles. The normalized spacial score (nSPS) is 13.1. The summed E-state index contributed by atoms with van der Waals surface area (Å²) < 4.78 is 36.5. The molecule has 0 aliphatic rings. The van der Waals surface area contributed by atoms with E-state index in [1.54, 1.807) is 0 Å². The van der Waals surface area contributed by atoms with Gasteiger partial charge in [-0.3, -0.25) is 9.89 Å². The fraction of sp³-hybridized carbons (Fsp3) is 0.929. The van der Waals surface area contributed by atoms with Crippen molar-refractivity contribution in [3.05, 3.63) is 0 Å². The third kappa shape index (κ3) is 13.7. The van der Waals surface area contributed by atoms with Crippen LogP contribution in [0.25, 0.3) is 0 Å². The Kier molecular flexibility index (Phi) is 10.2. The number of alkyl halides is 3. The molecular weight excluding hydrogens is 281 g/mol. The lowest BCUT2D eigenvalue weighted by molar-refractivity contribution is -0.143. The van der Waals surface area contributed by atoms with E-state index < -0.39 is 12.7 Å². The number of nitrogens with zero attached hydrogens (tertiary/aromatic N) is 2. The average Bonchev–Trinajstić information content (AvgIpc) is 2.31. The maximum Gasteiger partial charge on any atom is 0.401 e. The van der Waals surface area contributed by atoms with Gasteiger partial charge in [-0.2, -0.15) is 13.2 Å². The van der Waals surface area contributed by atoms with Gasteiger partial charge < -0.3 is 10.6 Å². The van der Waals surface area contributed by atoms with Crippen LogP contribution in [0.3, 0.4) is 0 Å². The third-order valence-electron chi connectivity index (χ3n) is 2.78. The number of guanidine groups is 1. The van der Waals surface area contributed by atoms with Crippen LogP contribution in [0.2, 0.25) is 0 Å². The molecule has 0 saturated carbocycles. The zero-order valence-corrected chi connectivity index (χ0v) is 13.6. The van der Waals surface area contributed by atoms with Gasteiger partial charge in [-0.05, 0) is 39.3 Å². The highest BCUT2D eigenvalue weighted by Crippen LogP contribution is 2.15. The topological polar surface area (TPSA) is 39.7 Å². The Labute approximate surface area is 126 Å². The van der Waals surface area contributed by atoms with Gasteiger partial charge in [0.15, 0.2) is 5.96 Å². The molecule has 21 heavy (non-hydrogen) atoms. The Morgan fingerprint density at radius 1 is 1.24 bits per heavy atom. The van der Waals surface area contributed by atoms with E-state index in [4.69, 9.17) is 0 Å². The van der Waals surface area contributed by atoms with Crippen LogP contribution in [-0.4, -0.2) is 56.8 Å². The summed E-state index contributed by atoms with van der Waals surface area (Å²) in [7, 11) is 1.48. The second kappa shape index (κ2) is 10.7. The Morgan fingerprint density at radius 2 is 1.90 bits per heavy atom. The van der Waals surface area contributed by atoms with E-state index in [9.17, 15) is 13.2 Å². The first kappa shape index (κ1) is 20.0. The van der Waals surface area contributed by atoms with Crippen LogP contribution in [0.4, 0.5) is 13.2 Å². The highest BCUT2D eigenvalue weighted by atomic mass is 19.4. The molecule has 0 fully saturated rings. The molecule has 7 heteroatoms. The fourth-order valence-electron chi connectivity index (χ4n) is 1.74. The minimum absolute atomic E-state index is 0.383. The van der Waals surface area contributed by atoms with Gasteiger partial charge in [0.25, 0.3) is 0 Å². The average molecular weight is 310 g/mol. The predicted molar refractivity (Wildman–Crippen MR) is 81.6 cm³/mol. The second-order valence-corrected chi connectivity index (χ2v) is 5.58. The van der Waals surface area contributed by atoms with Crippen molar-refractivity contribution in [3.8, 4) is 0 Å². The van der Waals surface area contributed by atoms with E-state index in [0.717, 1.165) is 25.5 Å². The van der Waals surface area contributed by atoms with E-state index in [1.807, 2.05) is 6.92 Å². The summed E-state index contributed by atoms with van der Waals surface area (Å²) >= 11 is 0. The predicted octanol–water partition coefficient (Wildman–Crippen LogP) is 2.47. The van der Waals surface area contributed by atoms with Gasteiger partial charge >= 0.3 is 6.18 Å². The molecule has 0 radical (unpaired) electrons. The fourth-order valence-corrected chi connectivity index (χ4v) is 1.74. The van der Waals surface area contributed by atoms with Gasteiger partial charge in [0.2, 0.25) is 0 Å². The monoisotopic (exact) mass is 310 g/mol. The number of rotatable bonds is 9. The molecule has 0 amide bonds. The second-order valence-electron chi connectivity index (χ2n) is 5.58. The smallest absolute Gasteiger partial charge is 0.357 e. The van der Waals surface area contributed by atoms with Crippen molar-refractivity contribution >= 4 is 5.96 Å². The zero-order valence-electron chi connectivity index (χ0n) is 13.6. The Bertz CT molecular complexity index is 290. The molecule has 0 aromatic heterocycles. The van der Waals surface area contributed by atoms with Crippen molar-refractivity contribution < 1.29 is 13.2 Å². The van der Waals surface area contributed by atoms with Crippen LogP contribution < -0.4 is 10.6 Å². The lowest BCUT2D eigenvalue weighted by atomic mass is 10.1. The van der Waals surface area contributed by atoms with E-state index >= 15 is 0 Å². The first-order valence-electron chi connectivity index (χ1n) is 7.52. The molecule has 126 valence electrons. The molecule has 0 aliphatic carbocycles. The molecule has 0 spiro atoms. The highest BCUT2D eigenvalue weighted by molar-refractivity contribution is 5.79. The van der Waals surface area contributed by atoms with Crippen molar-refractivity contribution in [2.24, 2.45) is 10.9 Å². The minimum atomic E-state index is -4.13. The SMILES string of the molecule is CCNC(=NCCCN(C)CC(F)(F)F)NCCC(C)C. The van der Waals surface area contributed by atoms with Crippen molar-refractivity contribution in [2.75, 3.05) is 39.8 Å². The molecule has 0 bridgehead atoms. The van der Waals surface area contributed by atoms with Crippen LogP contribution >= 0.6 is 0 Å². The van der Waals surface area contributed by atoms with Gasteiger partial charge in [0.05, 0.1) is 6.54 Å². The summed E-state index contributed by atoms with van der Waals surface area (Å²) in [6.07, 6.45) is -2.47. The van der Waals surface area contributed by atoms with Crippen LogP contribution in [0, 0.1) is 5.92 Å². The lowest BCUT2D eigenvalue weighted by Crippen LogP contribution is -2.38. The van der Waals surface area contributed by atoms with Crippen molar-refractivity contribution in [1.82, 2.24) is 15.5 Å². The van der Waals surface area contributed by atoms with Gasteiger partial charge in [0, 0.05) is 19.6 Å². The van der Waals surface area contributed by atoms with Crippen LogP contribution in [-0.2, 0) is 0 Å². The summed E-state index contributed by atoms with van der Waals surface area (Å²) in [5.41, 5.74) is 0. The molecule has 0 aromatic carbocycles. The summed E-state index contributed by atoms with van der Waals surface area (Å²) in [5, 5.41) is 6.35. The molecule has 2 N–H and O–H groups in total. The van der Waals surface area contributed by atoms with Crippen molar-refractivity contribution in [2.45, 2.75) is 39.8 Å². The molecule has 0 unspecified atom stereocenters. The maximum atomic E-state index is 12.2. The maximum absolute atomic E-state index is 12.2.